The molecule has 1 aliphatic heterocycles. The van der Waals surface area contributed by atoms with Gasteiger partial charge in [-0.1, -0.05) is 60.7 Å². The van der Waals surface area contributed by atoms with E-state index in [4.69, 9.17) is 24.7 Å². The number of hydrogen-bond acceptors (Lipinski definition) is 12. The lowest BCUT2D eigenvalue weighted by molar-refractivity contribution is -0.149. The third-order valence-corrected chi connectivity index (χ3v) is 6.57. The van der Waals surface area contributed by atoms with Crippen molar-refractivity contribution < 1.29 is 51.0 Å². The maximum atomic E-state index is 12.2. The second-order valence-corrected chi connectivity index (χ2v) is 12.6. The van der Waals surface area contributed by atoms with E-state index in [1.807, 2.05) is 36.4 Å². The lowest BCUT2D eigenvalue weighted by atomic mass is 10.2. The van der Waals surface area contributed by atoms with Crippen LogP contribution in [0.2, 0.25) is 0 Å². The Kier molecular flexibility index (Phi) is 13.1. The van der Waals surface area contributed by atoms with Crippen LogP contribution in [0, 0.1) is 0 Å². The summed E-state index contributed by atoms with van der Waals surface area (Å²) in [6.07, 6.45) is -1.18. The molecule has 1 heterocycles. The molecule has 0 aromatic heterocycles. The summed E-state index contributed by atoms with van der Waals surface area (Å²) in [4.78, 5) is 35.9. The maximum Gasteiger partial charge on any atom is 0.426 e. The van der Waals surface area contributed by atoms with Gasteiger partial charge in [0.2, 0.25) is 0 Å². The van der Waals surface area contributed by atoms with Gasteiger partial charge in [-0.25, -0.2) is 9.59 Å². The van der Waals surface area contributed by atoms with Crippen LogP contribution in [0.4, 0.5) is 4.79 Å². The number of benzene rings is 2. The summed E-state index contributed by atoms with van der Waals surface area (Å²) in [6, 6.07) is 16.0. The number of rotatable bonds is 10. The summed E-state index contributed by atoms with van der Waals surface area (Å²) < 4.78 is 48.9. The monoisotopic (exact) mass is 624 g/mol. The molecule has 1 fully saturated rings. The average Bonchev–Trinajstić information content (AvgIpc) is 3.25. The normalized spacial score (nSPS) is 16.8. The molecule has 1 aliphatic rings. The second kappa shape index (κ2) is 15.8. The van der Waals surface area contributed by atoms with Crippen LogP contribution in [0.1, 0.15) is 45.7 Å². The highest BCUT2D eigenvalue weighted by molar-refractivity contribution is 7.85. The van der Waals surface area contributed by atoms with Gasteiger partial charge in [0.1, 0.15) is 31.5 Å². The highest BCUT2D eigenvalue weighted by Gasteiger charge is 2.49. The van der Waals surface area contributed by atoms with Crippen molar-refractivity contribution in [2.45, 2.75) is 71.1 Å². The summed E-state index contributed by atoms with van der Waals surface area (Å²) in [6.45, 7) is 7.76. The van der Waals surface area contributed by atoms with Crippen LogP contribution in [0.3, 0.4) is 0 Å². The first-order valence-corrected chi connectivity index (χ1v) is 14.7. The molecule has 13 nitrogen and oxygen atoms in total. The zero-order chi connectivity index (χ0) is 32.3. The molecule has 2 atom stereocenters. The molecular formula is C29H40N2O11S. The smallest absolute Gasteiger partial charge is 0.426 e. The standard InChI is InChI=1S/C15H19NO7S.C14H21NO4/c1-15(2,3)23-14(18)16-12(10-22-24(16,19)20)13(17)21-9-11-7-5-4-6-8-11;1-14(2,17)10-18-9-12(15)13(16)19-8-11-6-4-3-5-7-11/h4-8,12H,9-10H2,1-3H3;3-7,12,17H,8-10,15H2,1-2H3/t2*12-/m00/s1. The molecular weight excluding hydrogens is 584 g/mol. The first kappa shape index (κ1) is 35.6. The minimum atomic E-state index is -4.38. The van der Waals surface area contributed by atoms with Crippen LogP contribution in [-0.4, -0.2) is 79.0 Å². The molecule has 1 amide bonds. The maximum absolute atomic E-state index is 12.2. The van der Waals surface area contributed by atoms with E-state index in [1.54, 1.807) is 58.9 Å². The molecule has 1 saturated heterocycles. The van der Waals surface area contributed by atoms with Crippen LogP contribution in [0.5, 0.6) is 0 Å². The quantitative estimate of drug-likeness (QED) is 0.292. The number of aliphatic hydroxyl groups is 1. The van der Waals surface area contributed by atoms with E-state index in [9.17, 15) is 27.9 Å². The van der Waals surface area contributed by atoms with Gasteiger partial charge >= 0.3 is 28.3 Å². The highest BCUT2D eigenvalue weighted by atomic mass is 32.2. The fourth-order valence-electron chi connectivity index (χ4n) is 3.28. The van der Waals surface area contributed by atoms with Gasteiger partial charge in [0, 0.05) is 0 Å². The molecule has 0 unspecified atom stereocenters. The molecule has 238 valence electrons. The molecule has 43 heavy (non-hydrogen) atoms. The van der Waals surface area contributed by atoms with E-state index in [0.717, 1.165) is 11.1 Å². The van der Waals surface area contributed by atoms with Crippen LogP contribution < -0.4 is 5.73 Å². The van der Waals surface area contributed by atoms with Gasteiger partial charge in [-0.3, -0.25) is 8.98 Å². The highest BCUT2D eigenvalue weighted by Crippen LogP contribution is 2.23. The molecule has 0 saturated carbocycles. The van der Waals surface area contributed by atoms with Gasteiger partial charge in [0.05, 0.1) is 18.8 Å². The number of ether oxygens (including phenoxy) is 4. The Morgan fingerprint density at radius 2 is 1.47 bits per heavy atom. The number of amides is 1. The Hall–Kier alpha value is -3.56. The van der Waals surface area contributed by atoms with Crippen LogP contribution in [0.25, 0.3) is 0 Å². The lowest BCUT2D eigenvalue weighted by Crippen LogP contribution is -2.46. The van der Waals surface area contributed by atoms with Crippen molar-refractivity contribution in [2.24, 2.45) is 5.73 Å². The fraction of sp³-hybridized carbons (Fsp3) is 0.483. The minimum absolute atomic E-state index is 0.0254. The summed E-state index contributed by atoms with van der Waals surface area (Å²) in [5, 5.41) is 9.44. The Morgan fingerprint density at radius 1 is 0.953 bits per heavy atom. The van der Waals surface area contributed by atoms with Crippen molar-refractivity contribution in [1.29, 1.82) is 0 Å². The van der Waals surface area contributed by atoms with E-state index in [0.29, 0.717) is 0 Å². The van der Waals surface area contributed by atoms with Gasteiger partial charge in [0.15, 0.2) is 6.04 Å². The first-order valence-electron chi connectivity index (χ1n) is 13.4. The van der Waals surface area contributed by atoms with E-state index in [1.165, 1.54) is 0 Å². The largest absolute Gasteiger partial charge is 0.460 e. The number of nitrogens with two attached hydrogens (primary N) is 1. The lowest BCUT2D eigenvalue weighted by Gasteiger charge is -2.25. The predicted octanol–water partition coefficient (Wildman–Crippen LogP) is 2.46. The number of carbonyl (C=O) groups is 3. The molecule has 0 spiro atoms. The summed E-state index contributed by atoms with van der Waals surface area (Å²) in [5.41, 5.74) is 5.41. The molecule has 3 N–H and O–H groups in total. The zero-order valence-corrected chi connectivity index (χ0v) is 25.7. The van der Waals surface area contributed by atoms with Crippen LogP contribution in [-0.2, 0) is 56.2 Å². The predicted molar refractivity (Wildman–Crippen MR) is 154 cm³/mol. The van der Waals surface area contributed by atoms with Crippen molar-refractivity contribution in [1.82, 2.24) is 4.31 Å². The fourth-order valence-corrected chi connectivity index (χ4v) is 4.38. The van der Waals surface area contributed by atoms with Crippen molar-refractivity contribution >= 4 is 28.3 Å². The molecule has 0 radical (unpaired) electrons. The topological polar surface area (TPSA) is 181 Å². The van der Waals surface area contributed by atoms with Crippen LogP contribution in [0.15, 0.2) is 60.7 Å². The molecule has 14 heteroatoms. The molecule has 0 aliphatic carbocycles. The Bertz CT molecular complexity index is 1290. The van der Waals surface area contributed by atoms with E-state index in [2.05, 4.69) is 4.18 Å². The summed E-state index contributed by atoms with van der Waals surface area (Å²) in [7, 11) is -4.38. The zero-order valence-electron chi connectivity index (χ0n) is 24.9. The first-order chi connectivity index (χ1) is 20.0. The SMILES string of the molecule is CC(C)(C)OC(=O)N1[C@H](C(=O)OCc2ccccc2)COS1(=O)=O.CC(C)(O)COC[C@H](N)C(=O)OCc1ccccc1. The molecule has 2 aromatic rings. The van der Waals surface area contributed by atoms with E-state index >= 15 is 0 Å². The molecule has 3 rings (SSSR count). The van der Waals surface area contributed by atoms with E-state index in [-0.39, 0.29) is 30.7 Å². The van der Waals surface area contributed by atoms with Crippen molar-refractivity contribution in [3.05, 3.63) is 71.8 Å². The van der Waals surface area contributed by atoms with Crippen molar-refractivity contribution in [3.63, 3.8) is 0 Å². The number of hydrogen-bond donors (Lipinski definition) is 2. The molecule has 0 bridgehead atoms. The van der Waals surface area contributed by atoms with Gasteiger partial charge < -0.3 is 29.8 Å². The number of nitrogens with zero attached hydrogens (tertiary/aromatic N) is 1. The summed E-state index contributed by atoms with van der Waals surface area (Å²) in [5.74, 6) is -1.40. The minimum Gasteiger partial charge on any atom is -0.460 e. The summed E-state index contributed by atoms with van der Waals surface area (Å²) >= 11 is 0. The third-order valence-electron chi connectivity index (χ3n) is 5.25. The Balaban J connectivity index is 0.000000309. The van der Waals surface area contributed by atoms with Crippen molar-refractivity contribution in [2.75, 3.05) is 19.8 Å². The number of carbonyl (C=O) groups excluding carboxylic acids is 3. The van der Waals surface area contributed by atoms with Gasteiger partial charge in [0.25, 0.3) is 0 Å². The average molecular weight is 625 g/mol. The Labute approximate surface area is 252 Å². The van der Waals surface area contributed by atoms with Gasteiger partial charge in [-0.2, -0.15) is 12.7 Å². The molecule has 2 aromatic carbocycles. The Morgan fingerprint density at radius 3 is 1.95 bits per heavy atom. The van der Waals surface area contributed by atoms with Gasteiger partial charge in [-0.15, -0.1) is 0 Å². The van der Waals surface area contributed by atoms with Crippen LogP contribution >= 0.6 is 0 Å². The van der Waals surface area contributed by atoms with Gasteiger partial charge in [-0.05, 0) is 45.7 Å². The van der Waals surface area contributed by atoms with E-state index < -0.39 is 58.2 Å². The number of esters is 2. The van der Waals surface area contributed by atoms with Crippen molar-refractivity contribution in [3.8, 4) is 0 Å². The second-order valence-electron chi connectivity index (χ2n) is 11.2. The third kappa shape index (κ3) is 13.1.